The molecule has 1 heterocycles. The Morgan fingerprint density at radius 3 is 2.36 bits per heavy atom. The fourth-order valence-corrected chi connectivity index (χ4v) is 2.72. The molecule has 176 valence electrons. The second-order valence-electron chi connectivity index (χ2n) is 6.77. The number of amides is 1. The minimum absolute atomic E-state index is 0.0561. The second kappa shape index (κ2) is 11.1. The van der Waals surface area contributed by atoms with E-state index in [1.165, 1.54) is 0 Å². The molecule has 0 radical (unpaired) electrons. The van der Waals surface area contributed by atoms with Crippen molar-refractivity contribution in [2.75, 3.05) is 18.5 Å². The van der Waals surface area contributed by atoms with E-state index in [2.05, 4.69) is 5.32 Å². The fraction of sp³-hybridized carbons (Fsp3) is 0.238. The lowest BCUT2D eigenvalue weighted by Crippen LogP contribution is -2.30. The molecule has 0 saturated carbocycles. The summed E-state index contributed by atoms with van der Waals surface area (Å²) in [5.74, 6) is -0.729. The number of nitrogens with two attached hydrogens (primary N) is 1. The smallest absolute Gasteiger partial charge is 0.446 e. The predicted molar refractivity (Wildman–Crippen MR) is 111 cm³/mol. The minimum Gasteiger partial charge on any atom is -0.491 e. The molecule has 33 heavy (non-hydrogen) atoms. The van der Waals surface area contributed by atoms with Gasteiger partial charge in [-0.1, -0.05) is 18.2 Å². The average Bonchev–Trinajstić information content (AvgIpc) is 2.77. The van der Waals surface area contributed by atoms with Crippen molar-refractivity contribution in [2.24, 2.45) is 5.73 Å². The number of aliphatic carboxylic acids is 1. The van der Waals surface area contributed by atoms with Crippen LogP contribution in [0.15, 0.2) is 42.5 Å². The zero-order chi connectivity index (χ0) is 24.6. The van der Waals surface area contributed by atoms with Crippen LogP contribution < -0.4 is 15.8 Å². The van der Waals surface area contributed by atoms with Gasteiger partial charge in [-0.25, -0.2) is 4.79 Å². The third-order valence-corrected chi connectivity index (χ3v) is 4.23. The molecule has 0 saturated heterocycles. The molecule has 2 aromatic carbocycles. The number of carbonyl (C=O) groups excluding carboxylic acids is 2. The van der Waals surface area contributed by atoms with Gasteiger partial charge in [-0.2, -0.15) is 13.2 Å². The van der Waals surface area contributed by atoms with Crippen LogP contribution in [0.1, 0.15) is 21.5 Å². The van der Waals surface area contributed by atoms with Gasteiger partial charge in [0.2, 0.25) is 6.29 Å². The Morgan fingerprint density at radius 2 is 1.82 bits per heavy atom. The monoisotopic (exact) mass is 467 g/mol. The molecule has 12 heteroatoms. The standard InChI is InChI=1S/C19H19N3O5.C2HF3O/c20-18(21)11-1-3-12(4-2-11)19(25)22-14-6-5-13-7-15(26-10-17(23)24)9-27-16(13)8-14;3-2(4,5)1-6/h1-6,8,15H,7,9-10H2,(H3,20,21)(H,22,25)(H,23,24);1H. The summed E-state index contributed by atoms with van der Waals surface area (Å²) in [4.78, 5) is 31.6. The SMILES string of the molecule is N=C(N)c1ccc(C(=O)Nc2ccc3c(c2)OCC(OCC(=O)O)C3)cc1.O=CC(F)(F)F. The van der Waals surface area contributed by atoms with Gasteiger partial charge in [-0.05, 0) is 23.8 Å². The summed E-state index contributed by atoms with van der Waals surface area (Å²) in [5, 5.41) is 18.8. The number of amidine groups is 1. The minimum atomic E-state index is -4.64. The number of nitrogens with one attached hydrogen (secondary N) is 2. The van der Waals surface area contributed by atoms with Crippen LogP contribution in [0, 0.1) is 5.41 Å². The normalized spacial score (nSPS) is 14.6. The highest BCUT2D eigenvalue weighted by atomic mass is 19.4. The number of ether oxygens (including phenoxy) is 2. The summed E-state index contributed by atoms with van der Waals surface area (Å²) in [7, 11) is 0. The van der Waals surface area contributed by atoms with E-state index < -0.39 is 18.4 Å². The average molecular weight is 467 g/mol. The van der Waals surface area contributed by atoms with E-state index in [1.54, 1.807) is 36.4 Å². The first-order valence-electron chi connectivity index (χ1n) is 9.36. The van der Waals surface area contributed by atoms with Gasteiger partial charge in [0.15, 0.2) is 0 Å². The lowest BCUT2D eigenvalue weighted by Gasteiger charge is -2.25. The van der Waals surface area contributed by atoms with E-state index in [-0.39, 0.29) is 31.1 Å². The Hall–Kier alpha value is -3.93. The van der Waals surface area contributed by atoms with Crippen molar-refractivity contribution in [1.29, 1.82) is 5.41 Å². The summed E-state index contributed by atoms with van der Waals surface area (Å²) in [5.41, 5.74) is 7.87. The van der Waals surface area contributed by atoms with E-state index in [9.17, 15) is 22.8 Å². The molecule has 1 aliphatic rings. The fourth-order valence-electron chi connectivity index (χ4n) is 2.72. The molecule has 3 rings (SSSR count). The Labute approximate surface area is 185 Å². The predicted octanol–water partition coefficient (Wildman–Crippen LogP) is 2.38. The van der Waals surface area contributed by atoms with Gasteiger partial charge in [0.25, 0.3) is 5.91 Å². The zero-order valence-corrected chi connectivity index (χ0v) is 17.0. The van der Waals surface area contributed by atoms with Crippen LogP contribution in [0.3, 0.4) is 0 Å². The van der Waals surface area contributed by atoms with Crippen molar-refractivity contribution < 1.29 is 42.1 Å². The molecule has 9 nitrogen and oxygen atoms in total. The molecule has 1 amide bonds. The number of fused-ring (bicyclic) bond motifs is 1. The van der Waals surface area contributed by atoms with Gasteiger partial charge in [0.1, 0.15) is 24.8 Å². The van der Waals surface area contributed by atoms with Crippen LogP contribution in [-0.4, -0.2) is 54.6 Å². The Morgan fingerprint density at radius 1 is 1.21 bits per heavy atom. The number of anilines is 1. The highest BCUT2D eigenvalue weighted by molar-refractivity contribution is 6.05. The number of carboxylic acid groups (broad SMARTS) is 1. The highest BCUT2D eigenvalue weighted by Gasteiger charge is 2.25. The van der Waals surface area contributed by atoms with Gasteiger partial charge in [-0.15, -0.1) is 0 Å². The van der Waals surface area contributed by atoms with Gasteiger partial charge in [0, 0.05) is 29.3 Å². The number of rotatable bonds is 6. The topological polar surface area (TPSA) is 152 Å². The number of benzene rings is 2. The first kappa shape index (κ1) is 25.3. The van der Waals surface area contributed by atoms with Crippen LogP contribution in [0.25, 0.3) is 0 Å². The molecule has 2 aromatic rings. The van der Waals surface area contributed by atoms with Crippen LogP contribution >= 0.6 is 0 Å². The van der Waals surface area contributed by atoms with Crippen LogP contribution in [0.5, 0.6) is 5.75 Å². The van der Waals surface area contributed by atoms with Gasteiger partial charge >= 0.3 is 12.1 Å². The summed E-state index contributed by atoms with van der Waals surface area (Å²) in [6.07, 6.45) is -5.47. The second-order valence-corrected chi connectivity index (χ2v) is 6.77. The third kappa shape index (κ3) is 8.26. The number of hydrogen-bond acceptors (Lipinski definition) is 6. The number of nitrogen functional groups attached to an aromatic ring is 1. The lowest BCUT2D eigenvalue weighted by molar-refractivity contribution is -0.156. The van der Waals surface area contributed by atoms with E-state index in [4.69, 9.17) is 30.5 Å². The lowest BCUT2D eigenvalue weighted by atomic mass is 10.0. The molecule has 1 aliphatic heterocycles. The van der Waals surface area contributed by atoms with Gasteiger partial charge < -0.3 is 25.6 Å². The number of alkyl halides is 3. The Kier molecular flexibility index (Phi) is 8.51. The number of aldehydes is 1. The maximum atomic E-state index is 12.4. The summed E-state index contributed by atoms with van der Waals surface area (Å²) in [6.45, 7) is -0.107. The van der Waals surface area contributed by atoms with Crippen molar-refractivity contribution in [3.63, 3.8) is 0 Å². The number of halogens is 3. The van der Waals surface area contributed by atoms with E-state index in [1.807, 2.05) is 6.07 Å². The maximum absolute atomic E-state index is 12.4. The number of hydrogen-bond donors (Lipinski definition) is 4. The molecule has 0 aliphatic carbocycles. The summed E-state index contributed by atoms with van der Waals surface area (Å²) in [6, 6.07) is 11.7. The highest BCUT2D eigenvalue weighted by Crippen LogP contribution is 2.29. The third-order valence-electron chi connectivity index (χ3n) is 4.23. The molecule has 0 bridgehead atoms. The molecule has 1 atom stereocenters. The first-order chi connectivity index (χ1) is 15.5. The molecule has 0 fully saturated rings. The van der Waals surface area contributed by atoms with E-state index >= 15 is 0 Å². The van der Waals surface area contributed by atoms with Crippen molar-refractivity contribution >= 4 is 29.7 Å². The molecule has 0 aromatic heterocycles. The van der Waals surface area contributed by atoms with Crippen molar-refractivity contribution in [1.82, 2.24) is 0 Å². The van der Waals surface area contributed by atoms with Crippen molar-refractivity contribution in [3.05, 3.63) is 59.2 Å². The Bertz CT molecular complexity index is 1020. The summed E-state index contributed by atoms with van der Waals surface area (Å²) >= 11 is 0. The van der Waals surface area contributed by atoms with Crippen LogP contribution in [-0.2, 0) is 20.7 Å². The van der Waals surface area contributed by atoms with E-state index in [0.29, 0.717) is 29.0 Å². The van der Waals surface area contributed by atoms with Crippen molar-refractivity contribution in [3.8, 4) is 5.75 Å². The zero-order valence-electron chi connectivity index (χ0n) is 17.0. The largest absolute Gasteiger partial charge is 0.491 e. The molecule has 0 spiro atoms. The van der Waals surface area contributed by atoms with Gasteiger partial charge in [0.05, 0.1) is 6.10 Å². The number of carboxylic acids is 1. The van der Waals surface area contributed by atoms with Crippen LogP contribution in [0.2, 0.25) is 0 Å². The number of carbonyl (C=O) groups is 3. The first-order valence-corrected chi connectivity index (χ1v) is 9.36. The Balaban J connectivity index is 0.000000569. The van der Waals surface area contributed by atoms with E-state index in [0.717, 1.165) is 5.56 Å². The summed E-state index contributed by atoms with van der Waals surface area (Å²) < 4.78 is 42.1. The maximum Gasteiger partial charge on any atom is 0.446 e. The molecular weight excluding hydrogens is 447 g/mol. The van der Waals surface area contributed by atoms with Gasteiger partial charge in [-0.3, -0.25) is 15.0 Å². The van der Waals surface area contributed by atoms with Crippen molar-refractivity contribution in [2.45, 2.75) is 18.7 Å². The molecule has 1 unspecified atom stereocenters. The molecule has 5 N–H and O–H groups in total. The molecular formula is C21H20F3N3O6. The quantitative estimate of drug-likeness (QED) is 0.289. The van der Waals surface area contributed by atoms with Crippen LogP contribution in [0.4, 0.5) is 18.9 Å².